The van der Waals surface area contributed by atoms with Crippen LogP contribution >= 0.6 is 0 Å². The van der Waals surface area contributed by atoms with Gasteiger partial charge in [-0.15, -0.1) is 0 Å². The molecule has 1 aromatic heterocycles. The number of hydrogen-bond acceptors (Lipinski definition) is 2. The van der Waals surface area contributed by atoms with Crippen LogP contribution < -0.4 is 5.32 Å². The monoisotopic (exact) mass is 202 g/mol. The van der Waals surface area contributed by atoms with Gasteiger partial charge in [0.2, 0.25) is 0 Å². The van der Waals surface area contributed by atoms with Gasteiger partial charge >= 0.3 is 6.09 Å². The second-order valence-corrected chi connectivity index (χ2v) is 3.56. The minimum absolute atomic E-state index is 0.181. The molecule has 0 aliphatic carbocycles. The molecule has 1 amide bonds. The molecular formula is C11H10N2O2. The van der Waals surface area contributed by atoms with Gasteiger partial charge in [0, 0.05) is 11.8 Å². The predicted octanol–water partition coefficient (Wildman–Crippen LogP) is 1.95. The van der Waals surface area contributed by atoms with Crippen LogP contribution in [0.2, 0.25) is 0 Å². The van der Waals surface area contributed by atoms with Gasteiger partial charge in [0.25, 0.3) is 0 Å². The number of benzene rings is 1. The van der Waals surface area contributed by atoms with Crippen molar-refractivity contribution in [2.24, 2.45) is 0 Å². The van der Waals surface area contributed by atoms with Crippen molar-refractivity contribution in [1.82, 2.24) is 10.3 Å². The number of carbonyl (C=O) groups is 1. The maximum atomic E-state index is 11.0. The molecule has 2 heterocycles. The van der Waals surface area contributed by atoms with Crippen molar-refractivity contribution in [2.45, 2.75) is 6.10 Å². The topological polar surface area (TPSA) is 54.1 Å². The van der Waals surface area contributed by atoms with Gasteiger partial charge in [-0.05, 0) is 11.5 Å². The number of amides is 1. The molecule has 1 aliphatic rings. The first-order valence-corrected chi connectivity index (χ1v) is 4.85. The largest absolute Gasteiger partial charge is 0.439 e. The van der Waals surface area contributed by atoms with Gasteiger partial charge in [-0.3, -0.25) is 0 Å². The number of carbonyl (C=O) groups excluding carboxylic acids is 1. The van der Waals surface area contributed by atoms with E-state index in [-0.39, 0.29) is 12.2 Å². The second-order valence-electron chi connectivity index (χ2n) is 3.56. The molecule has 1 aromatic carbocycles. The molecule has 1 aliphatic heterocycles. The molecule has 4 nitrogen and oxygen atoms in total. The number of aromatic nitrogens is 1. The number of cyclic esters (lactones) is 1. The summed E-state index contributed by atoms with van der Waals surface area (Å²) in [5.74, 6) is 0. The first-order valence-electron chi connectivity index (χ1n) is 4.85. The van der Waals surface area contributed by atoms with Crippen LogP contribution in [0.5, 0.6) is 0 Å². The summed E-state index contributed by atoms with van der Waals surface area (Å²) in [6.07, 6.45) is 1.36. The van der Waals surface area contributed by atoms with E-state index in [0.29, 0.717) is 6.54 Å². The molecule has 0 saturated carbocycles. The van der Waals surface area contributed by atoms with E-state index in [1.165, 1.54) is 0 Å². The molecule has 0 spiro atoms. The summed E-state index contributed by atoms with van der Waals surface area (Å²) in [6.45, 7) is 0.539. The van der Waals surface area contributed by atoms with Crippen molar-refractivity contribution >= 4 is 17.0 Å². The van der Waals surface area contributed by atoms with Crippen molar-refractivity contribution < 1.29 is 9.53 Å². The molecule has 15 heavy (non-hydrogen) atoms. The Kier molecular flexibility index (Phi) is 1.68. The quantitative estimate of drug-likeness (QED) is 0.742. The van der Waals surface area contributed by atoms with Crippen molar-refractivity contribution in [3.8, 4) is 0 Å². The van der Waals surface area contributed by atoms with Crippen LogP contribution in [0, 0.1) is 0 Å². The van der Waals surface area contributed by atoms with Crippen LogP contribution in [0.15, 0.2) is 30.5 Å². The van der Waals surface area contributed by atoms with E-state index in [2.05, 4.69) is 10.3 Å². The van der Waals surface area contributed by atoms with E-state index in [4.69, 9.17) is 4.74 Å². The molecule has 3 rings (SSSR count). The standard InChI is InChI=1S/C11H10N2O2/c14-11-13-6-9(15-11)8-3-1-2-7-4-5-12-10(7)8/h1-5,9,12H,6H2,(H,13,14). The minimum Gasteiger partial charge on any atom is -0.439 e. The maximum absolute atomic E-state index is 11.0. The summed E-state index contributed by atoms with van der Waals surface area (Å²) < 4.78 is 5.15. The van der Waals surface area contributed by atoms with Crippen LogP contribution in [-0.4, -0.2) is 17.6 Å². The Balaban J connectivity index is 2.10. The highest BCUT2D eigenvalue weighted by Gasteiger charge is 2.25. The van der Waals surface area contributed by atoms with E-state index < -0.39 is 0 Å². The van der Waals surface area contributed by atoms with Crippen LogP contribution in [0.25, 0.3) is 10.9 Å². The van der Waals surface area contributed by atoms with E-state index in [1.54, 1.807) is 0 Å². The van der Waals surface area contributed by atoms with Gasteiger partial charge in [-0.1, -0.05) is 18.2 Å². The van der Waals surface area contributed by atoms with Crippen LogP contribution in [-0.2, 0) is 4.74 Å². The van der Waals surface area contributed by atoms with Gasteiger partial charge in [0.15, 0.2) is 0 Å². The van der Waals surface area contributed by atoms with Crippen molar-refractivity contribution in [3.63, 3.8) is 0 Å². The maximum Gasteiger partial charge on any atom is 0.407 e. The zero-order valence-electron chi connectivity index (χ0n) is 7.99. The molecule has 76 valence electrons. The number of aromatic amines is 1. The second kappa shape index (κ2) is 3.02. The lowest BCUT2D eigenvalue weighted by molar-refractivity contribution is 0.141. The Bertz CT molecular complexity index is 518. The van der Waals surface area contributed by atoms with E-state index in [0.717, 1.165) is 16.5 Å². The number of alkyl carbamates (subject to hydrolysis) is 1. The Hall–Kier alpha value is -1.97. The molecule has 2 N–H and O–H groups in total. The third-order valence-electron chi connectivity index (χ3n) is 2.65. The molecule has 1 unspecified atom stereocenters. The van der Waals surface area contributed by atoms with Crippen LogP contribution in [0.3, 0.4) is 0 Å². The zero-order chi connectivity index (χ0) is 10.3. The summed E-state index contributed by atoms with van der Waals surface area (Å²) in [6, 6.07) is 7.98. The van der Waals surface area contributed by atoms with Crippen LogP contribution in [0.1, 0.15) is 11.7 Å². The van der Waals surface area contributed by atoms with Gasteiger partial charge in [0.05, 0.1) is 12.1 Å². The molecule has 4 heteroatoms. The average molecular weight is 202 g/mol. The number of nitrogens with one attached hydrogen (secondary N) is 2. The normalized spacial score (nSPS) is 20.3. The summed E-state index contributed by atoms with van der Waals surface area (Å²) >= 11 is 0. The molecule has 1 fully saturated rings. The lowest BCUT2D eigenvalue weighted by Gasteiger charge is -2.08. The number of H-pyrrole nitrogens is 1. The fourth-order valence-electron chi connectivity index (χ4n) is 1.94. The summed E-state index contributed by atoms with van der Waals surface area (Å²) in [4.78, 5) is 14.1. The Morgan fingerprint density at radius 3 is 3.07 bits per heavy atom. The highest BCUT2D eigenvalue weighted by Crippen LogP contribution is 2.27. The van der Waals surface area contributed by atoms with Crippen molar-refractivity contribution in [1.29, 1.82) is 0 Å². The Morgan fingerprint density at radius 2 is 2.27 bits per heavy atom. The van der Waals surface area contributed by atoms with E-state index >= 15 is 0 Å². The molecule has 1 saturated heterocycles. The molecule has 0 bridgehead atoms. The fraction of sp³-hybridized carbons (Fsp3) is 0.182. The Labute approximate surface area is 86.2 Å². The third-order valence-corrected chi connectivity index (χ3v) is 2.65. The first-order chi connectivity index (χ1) is 7.34. The van der Waals surface area contributed by atoms with E-state index in [9.17, 15) is 4.79 Å². The smallest absolute Gasteiger partial charge is 0.407 e. The summed E-state index contributed by atoms with van der Waals surface area (Å²) in [7, 11) is 0. The van der Waals surface area contributed by atoms with Gasteiger partial charge in [-0.25, -0.2) is 4.79 Å². The van der Waals surface area contributed by atoms with Crippen molar-refractivity contribution in [3.05, 3.63) is 36.0 Å². The average Bonchev–Trinajstić information content (AvgIpc) is 2.84. The van der Waals surface area contributed by atoms with E-state index in [1.807, 2.05) is 30.5 Å². The number of hydrogen-bond donors (Lipinski definition) is 2. The van der Waals surface area contributed by atoms with Crippen molar-refractivity contribution in [2.75, 3.05) is 6.54 Å². The number of ether oxygens (including phenoxy) is 1. The zero-order valence-corrected chi connectivity index (χ0v) is 7.99. The SMILES string of the molecule is O=C1NCC(c2cccc3cc[nH]c23)O1. The van der Waals surface area contributed by atoms with Gasteiger partial charge in [0.1, 0.15) is 6.10 Å². The summed E-state index contributed by atoms with van der Waals surface area (Å²) in [5.41, 5.74) is 2.06. The molecule has 2 aromatic rings. The first kappa shape index (κ1) is 8.35. The van der Waals surface area contributed by atoms with Gasteiger partial charge < -0.3 is 15.0 Å². The third kappa shape index (κ3) is 1.26. The highest BCUT2D eigenvalue weighted by atomic mass is 16.6. The molecular weight excluding hydrogens is 192 g/mol. The highest BCUT2D eigenvalue weighted by molar-refractivity contribution is 5.83. The lowest BCUT2D eigenvalue weighted by atomic mass is 10.1. The lowest BCUT2D eigenvalue weighted by Crippen LogP contribution is -2.12. The molecule has 1 atom stereocenters. The van der Waals surface area contributed by atoms with Crippen LogP contribution in [0.4, 0.5) is 4.79 Å². The Morgan fingerprint density at radius 1 is 1.33 bits per heavy atom. The summed E-state index contributed by atoms with van der Waals surface area (Å²) in [5, 5.41) is 3.78. The number of rotatable bonds is 1. The number of fused-ring (bicyclic) bond motifs is 1. The molecule has 0 radical (unpaired) electrons. The fourth-order valence-corrected chi connectivity index (χ4v) is 1.94. The minimum atomic E-state index is -0.344. The predicted molar refractivity (Wildman–Crippen MR) is 55.5 cm³/mol. The van der Waals surface area contributed by atoms with Gasteiger partial charge in [-0.2, -0.15) is 0 Å². The number of para-hydroxylation sites is 1.